The van der Waals surface area contributed by atoms with Crippen molar-refractivity contribution in [1.82, 2.24) is 4.98 Å². The second kappa shape index (κ2) is 5.46. The van der Waals surface area contributed by atoms with Gasteiger partial charge in [0.15, 0.2) is 0 Å². The molecule has 0 saturated carbocycles. The molecule has 2 heterocycles. The maximum Gasteiger partial charge on any atom is 0.106 e. The summed E-state index contributed by atoms with van der Waals surface area (Å²) in [6, 6.07) is 6.56. The molecular formula is C12H13BrN2S. The molecule has 16 heavy (non-hydrogen) atoms. The van der Waals surface area contributed by atoms with Gasteiger partial charge in [0, 0.05) is 6.04 Å². The summed E-state index contributed by atoms with van der Waals surface area (Å²) < 4.78 is 0.864. The number of nitrogens with zero attached hydrogens (tertiary/aromatic N) is 1. The number of halogens is 1. The van der Waals surface area contributed by atoms with Crippen LogP contribution in [0.4, 0.5) is 5.69 Å². The molecule has 0 spiro atoms. The zero-order valence-corrected chi connectivity index (χ0v) is 11.4. The van der Waals surface area contributed by atoms with Crippen molar-refractivity contribution < 1.29 is 0 Å². The Morgan fingerprint density at radius 3 is 2.94 bits per heavy atom. The molecule has 0 aliphatic heterocycles. The Kier molecular flexibility index (Phi) is 3.96. The van der Waals surface area contributed by atoms with Crippen LogP contribution in [0.1, 0.15) is 12.5 Å². The lowest BCUT2D eigenvalue weighted by Crippen LogP contribution is -2.17. The van der Waals surface area contributed by atoms with E-state index >= 15 is 0 Å². The molecule has 0 fully saturated rings. The largest absolute Gasteiger partial charge is 0.381 e. The van der Waals surface area contributed by atoms with Crippen LogP contribution in [-0.2, 0) is 6.42 Å². The third kappa shape index (κ3) is 3.32. The Labute approximate surface area is 108 Å². The average molecular weight is 297 g/mol. The van der Waals surface area contributed by atoms with Crippen molar-refractivity contribution in [2.24, 2.45) is 0 Å². The zero-order valence-electron chi connectivity index (χ0n) is 8.98. The van der Waals surface area contributed by atoms with E-state index in [1.165, 1.54) is 5.56 Å². The summed E-state index contributed by atoms with van der Waals surface area (Å²) in [7, 11) is 0. The van der Waals surface area contributed by atoms with E-state index in [1.807, 2.05) is 18.3 Å². The van der Waals surface area contributed by atoms with Crippen molar-refractivity contribution >= 4 is 33.0 Å². The highest BCUT2D eigenvalue weighted by Crippen LogP contribution is 2.14. The lowest BCUT2D eigenvalue weighted by molar-refractivity contribution is 0.791. The molecule has 1 unspecified atom stereocenters. The molecule has 2 aromatic rings. The van der Waals surface area contributed by atoms with E-state index in [-0.39, 0.29) is 0 Å². The van der Waals surface area contributed by atoms with Gasteiger partial charge < -0.3 is 5.32 Å². The van der Waals surface area contributed by atoms with Gasteiger partial charge in [-0.2, -0.15) is 11.3 Å². The highest BCUT2D eigenvalue weighted by molar-refractivity contribution is 9.10. The van der Waals surface area contributed by atoms with Crippen LogP contribution in [0.25, 0.3) is 0 Å². The number of nitrogens with one attached hydrogen (secondary N) is 1. The molecule has 0 radical (unpaired) electrons. The van der Waals surface area contributed by atoms with Crippen molar-refractivity contribution in [2.45, 2.75) is 19.4 Å². The summed E-state index contributed by atoms with van der Waals surface area (Å²) >= 11 is 5.07. The zero-order chi connectivity index (χ0) is 11.4. The fraction of sp³-hybridized carbons (Fsp3) is 0.250. The molecule has 1 atom stereocenters. The Morgan fingerprint density at radius 2 is 2.31 bits per heavy atom. The van der Waals surface area contributed by atoms with Crippen LogP contribution in [0.15, 0.2) is 39.8 Å². The molecule has 0 aliphatic rings. The van der Waals surface area contributed by atoms with Crippen molar-refractivity contribution in [3.63, 3.8) is 0 Å². The van der Waals surface area contributed by atoms with E-state index in [1.54, 1.807) is 11.3 Å². The van der Waals surface area contributed by atoms with Crippen LogP contribution in [0.3, 0.4) is 0 Å². The van der Waals surface area contributed by atoms with Gasteiger partial charge in [-0.15, -0.1) is 0 Å². The number of thiophene rings is 1. The minimum absolute atomic E-state index is 0.414. The van der Waals surface area contributed by atoms with Gasteiger partial charge in [-0.3, -0.25) is 0 Å². The fourth-order valence-corrected chi connectivity index (χ4v) is 2.48. The monoisotopic (exact) mass is 296 g/mol. The molecule has 84 valence electrons. The highest BCUT2D eigenvalue weighted by atomic mass is 79.9. The lowest BCUT2D eigenvalue weighted by Gasteiger charge is -2.14. The second-order valence-electron chi connectivity index (χ2n) is 3.75. The third-order valence-electron chi connectivity index (χ3n) is 2.26. The van der Waals surface area contributed by atoms with Gasteiger partial charge in [0.25, 0.3) is 0 Å². The predicted octanol–water partition coefficient (Wildman–Crippen LogP) is 3.95. The minimum atomic E-state index is 0.414. The number of pyridine rings is 1. The number of rotatable bonds is 4. The third-order valence-corrected chi connectivity index (χ3v) is 3.46. The summed E-state index contributed by atoms with van der Waals surface area (Å²) in [5.41, 5.74) is 2.45. The number of anilines is 1. The first-order valence-corrected chi connectivity index (χ1v) is 6.87. The van der Waals surface area contributed by atoms with Gasteiger partial charge in [0.2, 0.25) is 0 Å². The maximum absolute atomic E-state index is 4.19. The van der Waals surface area contributed by atoms with Gasteiger partial charge in [0.1, 0.15) is 4.60 Å². The Bertz CT molecular complexity index is 425. The van der Waals surface area contributed by atoms with Crippen molar-refractivity contribution in [2.75, 3.05) is 5.32 Å². The second-order valence-corrected chi connectivity index (χ2v) is 5.34. The van der Waals surface area contributed by atoms with E-state index in [9.17, 15) is 0 Å². The number of aromatic nitrogens is 1. The van der Waals surface area contributed by atoms with E-state index in [0.717, 1.165) is 16.7 Å². The molecule has 1 N–H and O–H groups in total. The molecule has 0 saturated heterocycles. The Morgan fingerprint density at radius 1 is 1.44 bits per heavy atom. The summed E-state index contributed by atoms with van der Waals surface area (Å²) in [5, 5.41) is 7.74. The standard InChI is InChI=1S/C12H13BrN2S/c1-9(6-10-4-5-16-8-10)15-11-2-3-12(13)14-7-11/h2-5,7-9,15H,6H2,1H3. The summed E-state index contributed by atoms with van der Waals surface area (Å²) in [4.78, 5) is 4.19. The Balaban J connectivity index is 1.92. The van der Waals surface area contributed by atoms with Crippen LogP contribution in [0, 0.1) is 0 Å². The topological polar surface area (TPSA) is 24.9 Å². The number of hydrogen-bond donors (Lipinski definition) is 1. The average Bonchev–Trinajstić information content (AvgIpc) is 2.74. The van der Waals surface area contributed by atoms with Gasteiger partial charge in [0.05, 0.1) is 11.9 Å². The quantitative estimate of drug-likeness (QED) is 0.864. The maximum atomic E-state index is 4.19. The van der Waals surface area contributed by atoms with Crippen LogP contribution in [0.5, 0.6) is 0 Å². The molecule has 2 aromatic heterocycles. The van der Waals surface area contributed by atoms with Crippen LogP contribution in [0.2, 0.25) is 0 Å². The molecule has 0 amide bonds. The predicted molar refractivity (Wildman–Crippen MR) is 73.0 cm³/mol. The molecular weight excluding hydrogens is 284 g/mol. The van der Waals surface area contributed by atoms with Crippen LogP contribution >= 0.6 is 27.3 Å². The van der Waals surface area contributed by atoms with Gasteiger partial charge >= 0.3 is 0 Å². The van der Waals surface area contributed by atoms with Crippen LogP contribution < -0.4 is 5.32 Å². The van der Waals surface area contributed by atoms with E-state index in [4.69, 9.17) is 0 Å². The summed E-state index contributed by atoms with van der Waals surface area (Å²) in [6.07, 6.45) is 2.88. The van der Waals surface area contributed by atoms with Crippen LogP contribution in [-0.4, -0.2) is 11.0 Å². The summed E-state index contributed by atoms with van der Waals surface area (Å²) in [6.45, 7) is 2.18. The lowest BCUT2D eigenvalue weighted by atomic mass is 10.1. The van der Waals surface area contributed by atoms with Crippen molar-refractivity contribution in [3.8, 4) is 0 Å². The van der Waals surface area contributed by atoms with Crippen molar-refractivity contribution in [1.29, 1.82) is 0 Å². The molecule has 2 rings (SSSR count). The first kappa shape index (κ1) is 11.6. The SMILES string of the molecule is CC(Cc1ccsc1)Nc1ccc(Br)nc1. The molecule has 0 aromatic carbocycles. The molecule has 2 nitrogen and oxygen atoms in total. The smallest absolute Gasteiger partial charge is 0.106 e. The highest BCUT2D eigenvalue weighted by Gasteiger charge is 2.04. The first-order valence-electron chi connectivity index (χ1n) is 5.13. The van der Waals surface area contributed by atoms with Gasteiger partial charge in [-0.1, -0.05) is 0 Å². The molecule has 4 heteroatoms. The van der Waals surface area contributed by atoms with Gasteiger partial charge in [-0.25, -0.2) is 4.98 Å². The minimum Gasteiger partial charge on any atom is -0.381 e. The van der Waals surface area contributed by atoms with Gasteiger partial charge in [-0.05, 0) is 63.8 Å². The first-order chi connectivity index (χ1) is 7.74. The summed E-state index contributed by atoms with van der Waals surface area (Å²) in [5.74, 6) is 0. The number of hydrogen-bond acceptors (Lipinski definition) is 3. The molecule has 0 aliphatic carbocycles. The van der Waals surface area contributed by atoms with E-state index < -0.39 is 0 Å². The normalized spacial score (nSPS) is 12.4. The van der Waals surface area contributed by atoms with Crippen molar-refractivity contribution in [3.05, 3.63) is 45.3 Å². The fourth-order valence-electron chi connectivity index (χ4n) is 1.56. The Hall–Kier alpha value is -0.870. The molecule has 0 bridgehead atoms. The van der Waals surface area contributed by atoms with E-state index in [2.05, 4.69) is 50.0 Å². The van der Waals surface area contributed by atoms with E-state index in [0.29, 0.717) is 6.04 Å².